The van der Waals surface area contributed by atoms with Gasteiger partial charge in [-0.25, -0.2) is 0 Å². The number of nitrogens with two attached hydrogens (primary N) is 1. The second kappa shape index (κ2) is 7.94. The fourth-order valence-electron chi connectivity index (χ4n) is 3.01. The van der Waals surface area contributed by atoms with E-state index in [9.17, 15) is 9.59 Å². The van der Waals surface area contributed by atoms with Crippen LogP contribution in [-0.2, 0) is 14.3 Å². The van der Waals surface area contributed by atoms with Crippen molar-refractivity contribution in [3.63, 3.8) is 0 Å². The zero-order valence-corrected chi connectivity index (χ0v) is 13.0. The Labute approximate surface area is 131 Å². The third-order valence-electron chi connectivity index (χ3n) is 4.36. The van der Waals surface area contributed by atoms with Crippen molar-refractivity contribution in [2.45, 2.75) is 37.6 Å². The van der Waals surface area contributed by atoms with Crippen molar-refractivity contribution in [1.82, 2.24) is 5.32 Å². The Balaban J connectivity index is 1.91. The van der Waals surface area contributed by atoms with Crippen molar-refractivity contribution >= 4 is 11.9 Å². The topological polar surface area (TPSA) is 81.4 Å². The summed E-state index contributed by atoms with van der Waals surface area (Å²) < 4.78 is 4.84. The Hall–Kier alpha value is -1.88. The quantitative estimate of drug-likeness (QED) is 0.782. The molecule has 1 amide bonds. The van der Waals surface area contributed by atoms with Crippen LogP contribution in [0.15, 0.2) is 30.3 Å². The first-order valence-corrected chi connectivity index (χ1v) is 7.77. The lowest BCUT2D eigenvalue weighted by atomic mass is 9.98. The van der Waals surface area contributed by atoms with Crippen LogP contribution in [0.4, 0.5) is 0 Å². The number of nitrogens with one attached hydrogen (secondary N) is 1. The Morgan fingerprint density at radius 2 is 2.05 bits per heavy atom. The zero-order valence-electron chi connectivity index (χ0n) is 13.0. The van der Waals surface area contributed by atoms with Crippen LogP contribution in [0.25, 0.3) is 0 Å². The van der Waals surface area contributed by atoms with Crippen LogP contribution in [0.5, 0.6) is 0 Å². The third kappa shape index (κ3) is 4.31. The normalized spacial score (nSPS) is 22.1. The van der Waals surface area contributed by atoms with E-state index in [1.807, 2.05) is 30.3 Å². The molecule has 0 saturated heterocycles. The van der Waals surface area contributed by atoms with Gasteiger partial charge in [0, 0.05) is 19.0 Å². The smallest absolute Gasteiger partial charge is 0.314 e. The van der Waals surface area contributed by atoms with Crippen LogP contribution in [0.2, 0.25) is 0 Å². The van der Waals surface area contributed by atoms with Gasteiger partial charge in [0.2, 0.25) is 5.91 Å². The number of carbonyl (C=O) groups excluding carboxylic acids is 2. The number of amides is 1. The lowest BCUT2D eigenvalue weighted by Crippen LogP contribution is -2.35. The lowest BCUT2D eigenvalue weighted by molar-refractivity contribution is -0.142. The Morgan fingerprint density at radius 3 is 2.64 bits per heavy atom. The number of methoxy groups -OCH3 is 1. The summed E-state index contributed by atoms with van der Waals surface area (Å²) in [5.41, 5.74) is 6.83. The van der Waals surface area contributed by atoms with Crippen molar-refractivity contribution < 1.29 is 14.3 Å². The Kier molecular flexibility index (Phi) is 5.95. The molecule has 5 heteroatoms. The van der Waals surface area contributed by atoms with Gasteiger partial charge in [-0.15, -0.1) is 0 Å². The average Bonchev–Trinajstić information content (AvgIpc) is 2.93. The largest absolute Gasteiger partial charge is 0.468 e. The fourth-order valence-corrected chi connectivity index (χ4v) is 3.01. The Morgan fingerprint density at radius 1 is 1.32 bits per heavy atom. The molecule has 0 aliphatic heterocycles. The maximum Gasteiger partial charge on any atom is 0.314 e. The minimum atomic E-state index is -0.479. The first-order valence-electron chi connectivity index (χ1n) is 7.77. The second-order valence-electron chi connectivity index (χ2n) is 5.85. The molecule has 5 nitrogen and oxygen atoms in total. The van der Waals surface area contributed by atoms with E-state index in [0.717, 1.165) is 24.8 Å². The number of rotatable bonds is 6. The molecule has 0 radical (unpaired) electrons. The van der Waals surface area contributed by atoms with Gasteiger partial charge in [-0.2, -0.15) is 0 Å². The third-order valence-corrected chi connectivity index (χ3v) is 4.36. The minimum absolute atomic E-state index is 0.0489. The molecule has 22 heavy (non-hydrogen) atoms. The summed E-state index contributed by atoms with van der Waals surface area (Å²) in [6.45, 7) is 0.247. The van der Waals surface area contributed by atoms with Crippen LogP contribution in [0.1, 0.15) is 37.2 Å². The van der Waals surface area contributed by atoms with Crippen molar-refractivity contribution in [1.29, 1.82) is 0 Å². The van der Waals surface area contributed by atoms with Crippen molar-refractivity contribution in [2.24, 2.45) is 11.7 Å². The molecule has 3 atom stereocenters. The summed E-state index contributed by atoms with van der Waals surface area (Å²) >= 11 is 0. The van der Waals surface area contributed by atoms with Crippen LogP contribution >= 0.6 is 0 Å². The molecule has 1 aromatic carbocycles. The number of hydrogen-bond acceptors (Lipinski definition) is 4. The van der Waals surface area contributed by atoms with E-state index < -0.39 is 5.92 Å². The molecule has 0 heterocycles. The van der Waals surface area contributed by atoms with Crippen LogP contribution < -0.4 is 11.1 Å². The van der Waals surface area contributed by atoms with E-state index in [4.69, 9.17) is 10.5 Å². The molecule has 1 saturated carbocycles. The number of carbonyl (C=O) groups is 2. The summed E-state index contributed by atoms with van der Waals surface area (Å²) in [6, 6.07) is 9.46. The zero-order chi connectivity index (χ0) is 15.9. The van der Waals surface area contributed by atoms with E-state index in [2.05, 4.69) is 5.32 Å². The minimum Gasteiger partial charge on any atom is -0.468 e. The Bertz CT molecular complexity index is 504. The van der Waals surface area contributed by atoms with Crippen LogP contribution in [0.3, 0.4) is 0 Å². The van der Waals surface area contributed by atoms with Gasteiger partial charge >= 0.3 is 5.97 Å². The molecule has 0 spiro atoms. The van der Waals surface area contributed by atoms with E-state index >= 15 is 0 Å². The molecule has 1 aromatic rings. The molecule has 1 unspecified atom stereocenters. The molecule has 0 bridgehead atoms. The van der Waals surface area contributed by atoms with E-state index in [1.54, 1.807) is 0 Å². The fraction of sp³-hybridized carbons (Fsp3) is 0.529. The highest BCUT2D eigenvalue weighted by molar-refractivity contribution is 5.81. The van der Waals surface area contributed by atoms with E-state index in [0.29, 0.717) is 6.42 Å². The summed E-state index contributed by atoms with van der Waals surface area (Å²) in [6.07, 6.45) is 3.53. The van der Waals surface area contributed by atoms with Gasteiger partial charge in [0.05, 0.1) is 13.0 Å². The van der Waals surface area contributed by atoms with Gasteiger partial charge in [0.15, 0.2) is 0 Å². The number of benzene rings is 1. The SMILES string of the molecule is COC(=O)C(CNC(=O)C[C@@H]1CCC[C@H]1N)c1ccccc1. The van der Waals surface area contributed by atoms with Gasteiger partial charge in [0.25, 0.3) is 0 Å². The maximum absolute atomic E-state index is 12.1. The molecule has 120 valence electrons. The highest BCUT2D eigenvalue weighted by Crippen LogP contribution is 2.26. The van der Waals surface area contributed by atoms with Gasteiger partial charge < -0.3 is 15.8 Å². The molecule has 1 fully saturated rings. The van der Waals surface area contributed by atoms with Gasteiger partial charge in [-0.1, -0.05) is 36.8 Å². The van der Waals surface area contributed by atoms with Gasteiger partial charge in [0.1, 0.15) is 0 Å². The molecule has 0 aromatic heterocycles. The summed E-state index contributed by atoms with van der Waals surface area (Å²) in [5.74, 6) is -0.614. The van der Waals surface area contributed by atoms with Crippen molar-refractivity contribution in [3.05, 3.63) is 35.9 Å². The second-order valence-corrected chi connectivity index (χ2v) is 5.85. The van der Waals surface area contributed by atoms with Crippen LogP contribution in [0, 0.1) is 5.92 Å². The highest BCUT2D eigenvalue weighted by atomic mass is 16.5. The van der Waals surface area contributed by atoms with Crippen molar-refractivity contribution in [2.75, 3.05) is 13.7 Å². The molecule has 2 rings (SSSR count). The first-order chi connectivity index (χ1) is 10.6. The summed E-state index contributed by atoms with van der Waals surface area (Å²) in [5, 5.41) is 2.85. The van der Waals surface area contributed by atoms with E-state index in [-0.39, 0.29) is 30.4 Å². The van der Waals surface area contributed by atoms with Gasteiger partial charge in [-0.3, -0.25) is 9.59 Å². The number of ether oxygens (including phenoxy) is 1. The summed E-state index contributed by atoms with van der Waals surface area (Å²) in [7, 11) is 1.36. The molecular formula is C17H24N2O3. The predicted molar refractivity (Wildman–Crippen MR) is 84.1 cm³/mol. The molecule has 1 aliphatic carbocycles. The van der Waals surface area contributed by atoms with Crippen LogP contribution in [-0.4, -0.2) is 31.6 Å². The summed E-state index contributed by atoms with van der Waals surface area (Å²) in [4.78, 5) is 24.0. The number of hydrogen-bond donors (Lipinski definition) is 2. The monoisotopic (exact) mass is 304 g/mol. The molecular weight excluding hydrogens is 280 g/mol. The standard InChI is InChI=1S/C17H24N2O3/c1-22-17(21)14(12-6-3-2-4-7-12)11-19-16(20)10-13-8-5-9-15(13)18/h2-4,6-7,13-15H,5,8-11,18H2,1H3,(H,19,20)/t13-,14?,15+/m0/s1. The van der Waals surface area contributed by atoms with Gasteiger partial charge in [-0.05, 0) is 24.3 Å². The first kappa shape index (κ1) is 16.5. The highest BCUT2D eigenvalue weighted by Gasteiger charge is 2.27. The van der Waals surface area contributed by atoms with E-state index in [1.165, 1.54) is 7.11 Å². The number of esters is 1. The maximum atomic E-state index is 12.1. The average molecular weight is 304 g/mol. The molecule has 1 aliphatic rings. The predicted octanol–water partition coefficient (Wildman–Crippen LogP) is 1.58. The lowest BCUT2D eigenvalue weighted by Gasteiger charge is -2.18. The molecule has 3 N–H and O–H groups in total. The van der Waals surface area contributed by atoms with Crippen molar-refractivity contribution in [3.8, 4) is 0 Å².